The summed E-state index contributed by atoms with van der Waals surface area (Å²) in [4.78, 5) is 20.6. The lowest BCUT2D eigenvalue weighted by Gasteiger charge is -2.26. The molecule has 4 aromatic rings. The average Bonchev–Trinajstić information content (AvgIpc) is 3.03. The number of nitrogen functional groups attached to an aromatic ring is 1. The van der Waals surface area contributed by atoms with Crippen molar-refractivity contribution in [3.05, 3.63) is 47.3 Å². The first-order valence-electron chi connectivity index (χ1n) is 11.2. The van der Waals surface area contributed by atoms with Gasteiger partial charge in [-0.3, -0.25) is 0 Å². The number of benzene rings is 1. The van der Waals surface area contributed by atoms with Gasteiger partial charge in [0, 0.05) is 41.4 Å². The molecule has 182 valence electrons. The molecule has 1 aliphatic rings. The third kappa shape index (κ3) is 4.53. The molecule has 0 atom stereocenters. The van der Waals surface area contributed by atoms with Gasteiger partial charge in [-0.25, -0.2) is 28.4 Å². The monoisotopic (exact) mass is 510 g/mol. The van der Waals surface area contributed by atoms with Crippen LogP contribution in [0.4, 0.5) is 10.9 Å². The van der Waals surface area contributed by atoms with E-state index in [9.17, 15) is 8.42 Å². The van der Waals surface area contributed by atoms with Crippen LogP contribution in [0.2, 0.25) is 0 Å². The number of hydrogen-bond donors (Lipinski definition) is 1. The molecule has 5 rings (SSSR count). The molecule has 0 radical (unpaired) electrons. The molecule has 0 spiro atoms. The summed E-state index contributed by atoms with van der Waals surface area (Å²) < 4.78 is 30.6. The number of fused-ring (bicyclic) bond motifs is 2. The summed E-state index contributed by atoms with van der Waals surface area (Å²) in [7, 11) is -3.56. The highest BCUT2D eigenvalue weighted by molar-refractivity contribution is 7.90. The predicted molar refractivity (Wildman–Crippen MR) is 138 cm³/mol. The van der Waals surface area contributed by atoms with Crippen LogP contribution in [-0.2, 0) is 16.4 Å². The highest BCUT2D eigenvalue weighted by Crippen LogP contribution is 2.35. The van der Waals surface area contributed by atoms with E-state index in [1.165, 1.54) is 11.3 Å². The smallest absolute Gasteiger partial charge is 0.248 e. The van der Waals surface area contributed by atoms with E-state index in [4.69, 9.17) is 10.5 Å². The molecule has 0 aliphatic carbocycles. The minimum atomic E-state index is -3.56. The SMILES string of the molecule is Cc1nc(S(C)(=O)=O)nc(N2CCOc3ccc(-c4cnc5sc(N)nc5c4)cc3C2)c1C(C)C. The number of thiazole rings is 1. The summed E-state index contributed by atoms with van der Waals surface area (Å²) in [5.74, 6) is 1.55. The third-order valence-electron chi connectivity index (χ3n) is 5.94. The zero-order valence-electron chi connectivity index (χ0n) is 19.9. The maximum atomic E-state index is 12.3. The van der Waals surface area contributed by atoms with Crippen LogP contribution in [0, 0.1) is 6.92 Å². The lowest BCUT2D eigenvalue weighted by atomic mass is 10.0. The van der Waals surface area contributed by atoms with Gasteiger partial charge < -0.3 is 15.4 Å². The second kappa shape index (κ2) is 8.72. The molecule has 35 heavy (non-hydrogen) atoms. The quantitative estimate of drug-likeness (QED) is 0.406. The fourth-order valence-electron chi connectivity index (χ4n) is 4.38. The van der Waals surface area contributed by atoms with Gasteiger partial charge in [0.1, 0.15) is 28.5 Å². The number of hydrogen-bond acceptors (Lipinski definition) is 10. The summed E-state index contributed by atoms with van der Waals surface area (Å²) >= 11 is 1.36. The van der Waals surface area contributed by atoms with Gasteiger partial charge in [-0.15, -0.1) is 0 Å². The Morgan fingerprint density at radius 3 is 2.69 bits per heavy atom. The predicted octanol–water partition coefficient (Wildman–Crippen LogP) is 3.96. The van der Waals surface area contributed by atoms with Crippen molar-refractivity contribution < 1.29 is 13.2 Å². The highest BCUT2D eigenvalue weighted by atomic mass is 32.2. The number of nitrogens with zero attached hydrogens (tertiary/aromatic N) is 5. The summed E-state index contributed by atoms with van der Waals surface area (Å²) in [6.07, 6.45) is 2.95. The third-order valence-corrected chi connectivity index (χ3v) is 7.60. The van der Waals surface area contributed by atoms with Gasteiger partial charge in [-0.05, 0) is 36.6 Å². The average molecular weight is 511 g/mol. The van der Waals surface area contributed by atoms with Crippen molar-refractivity contribution in [3.8, 4) is 16.9 Å². The molecule has 0 fully saturated rings. The van der Waals surface area contributed by atoms with E-state index in [0.717, 1.165) is 44.6 Å². The molecular weight excluding hydrogens is 484 g/mol. The normalized spacial score (nSPS) is 14.1. The lowest BCUT2D eigenvalue weighted by Crippen LogP contribution is -2.29. The molecule has 9 nitrogen and oxygen atoms in total. The van der Waals surface area contributed by atoms with Crippen LogP contribution in [0.1, 0.15) is 36.6 Å². The number of aryl methyl sites for hydroxylation is 1. The van der Waals surface area contributed by atoms with Crippen molar-refractivity contribution in [1.29, 1.82) is 0 Å². The van der Waals surface area contributed by atoms with Crippen molar-refractivity contribution >= 4 is 42.5 Å². The Morgan fingerprint density at radius 1 is 1.14 bits per heavy atom. The Balaban J connectivity index is 1.57. The summed E-state index contributed by atoms with van der Waals surface area (Å²) in [5.41, 5.74) is 11.1. The molecule has 1 aliphatic heterocycles. The van der Waals surface area contributed by atoms with Crippen molar-refractivity contribution in [3.63, 3.8) is 0 Å². The van der Waals surface area contributed by atoms with Crippen molar-refractivity contribution in [2.24, 2.45) is 0 Å². The van der Waals surface area contributed by atoms with Crippen LogP contribution in [-0.4, -0.2) is 47.8 Å². The number of aromatic nitrogens is 4. The van der Waals surface area contributed by atoms with Crippen LogP contribution in [0.25, 0.3) is 21.5 Å². The minimum absolute atomic E-state index is 0.122. The first kappa shape index (κ1) is 23.4. The first-order valence-corrected chi connectivity index (χ1v) is 13.9. The van der Waals surface area contributed by atoms with Crippen LogP contribution >= 0.6 is 11.3 Å². The lowest BCUT2D eigenvalue weighted by molar-refractivity contribution is 0.331. The Morgan fingerprint density at radius 2 is 1.94 bits per heavy atom. The summed E-state index contributed by atoms with van der Waals surface area (Å²) in [6.45, 7) is 7.49. The van der Waals surface area contributed by atoms with E-state index in [2.05, 4.69) is 44.7 Å². The number of anilines is 2. The molecule has 2 N–H and O–H groups in total. The van der Waals surface area contributed by atoms with Gasteiger partial charge >= 0.3 is 0 Å². The second-order valence-electron chi connectivity index (χ2n) is 8.95. The maximum Gasteiger partial charge on any atom is 0.248 e. The van der Waals surface area contributed by atoms with Gasteiger partial charge in [-0.1, -0.05) is 31.3 Å². The Labute approximate surface area is 207 Å². The van der Waals surface area contributed by atoms with Gasteiger partial charge in [-0.2, -0.15) is 0 Å². The molecule has 0 saturated heterocycles. The van der Waals surface area contributed by atoms with Crippen molar-refractivity contribution in [2.75, 3.05) is 30.0 Å². The molecule has 0 saturated carbocycles. The molecule has 0 bridgehead atoms. The topological polar surface area (TPSA) is 124 Å². The summed E-state index contributed by atoms with van der Waals surface area (Å²) in [6, 6.07) is 8.02. The molecule has 11 heteroatoms. The Bertz CT molecular complexity index is 1550. The minimum Gasteiger partial charge on any atom is -0.491 e. The number of sulfone groups is 1. The summed E-state index contributed by atoms with van der Waals surface area (Å²) in [5, 5.41) is 0.334. The van der Waals surface area contributed by atoms with E-state index >= 15 is 0 Å². The van der Waals surface area contributed by atoms with E-state index in [1.807, 2.05) is 31.3 Å². The second-order valence-corrected chi connectivity index (χ2v) is 11.9. The molecule has 0 amide bonds. The van der Waals surface area contributed by atoms with Gasteiger partial charge in [0.25, 0.3) is 0 Å². The van der Waals surface area contributed by atoms with E-state index in [-0.39, 0.29) is 11.1 Å². The number of pyridine rings is 1. The van der Waals surface area contributed by atoms with Gasteiger partial charge in [0.05, 0.1) is 6.54 Å². The number of ether oxygens (including phenoxy) is 1. The van der Waals surface area contributed by atoms with E-state index in [0.29, 0.717) is 36.3 Å². The molecule has 1 aromatic carbocycles. The number of nitrogens with two attached hydrogens (primary N) is 1. The Hall–Kier alpha value is -3.31. The fourth-order valence-corrected chi connectivity index (χ4v) is 5.59. The van der Waals surface area contributed by atoms with Crippen molar-refractivity contribution in [1.82, 2.24) is 19.9 Å². The van der Waals surface area contributed by atoms with Crippen LogP contribution < -0.4 is 15.4 Å². The highest BCUT2D eigenvalue weighted by Gasteiger charge is 2.26. The first-order chi connectivity index (χ1) is 16.6. The number of rotatable bonds is 4. The standard InChI is InChI=1S/C24H26N6O3S2/c1-13(2)20-14(3)27-24(35(4,31)32)29-21(20)30-7-8-33-19-6-5-15(9-17(19)12-30)16-10-18-22(26-11-16)34-23(25)28-18/h5-6,9-11,13H,7-8,12H2,1-4H3,(H2,25,28). The van der Waals surface area contributed by atoms with E-state index < -0.39 is 9.84 Å². The zero-order valence-corrected chi connectivity index (χ0v) is 21.6. The van der Waals surface area contributed by atoms with Gasteiger partial charge in [0.2, 0.25) is 15.0 Å². The molecular formula is C24H26N6O3S2. The maximum absolute atomic E-state index is 12.3. The van der Waals surface area contributed by atoms with Crippen LogP contribution in [0.15, 0.2) is 35.6 Å². The molecule has 4 heterocycles. The fraction of sp³-hybridized carbons (Fsp3) is 0.333. The van der Waals surface area contributed by atoms with Crippen LogP contribution in [0.5, 0.6) is 5.75 Å². The molecule has 3 aromatic heterocycles. The molecule has 0 unspecified atom stereocenters. The zero-order chi connectivity index (χ0) is 24.9. The van der Waals surface area contributed by atoms with Gasteiger partial charge in [0.15, 0.2) is 5.13 Å². The van der Waals surface area contributed by atoms with Crippen molar-refractivity contribution in [2.45, 2.75) is 38.4 Å². The van der Waals surface area contributed by atoms with E-state index in [1.54, 1.807) is 0 Å². The Kier molecular flexibility index (Phi) is 5.84. The van der Waals surface area contributed by atoms with Crippen LogP contribution in [0.3, 0.4) is 0 Å². The largest absolute Gasteiger partial charge is 0.491 e.